The normalized spacial score (nSPS) is 15.9. The van der Waals surface area contributed by atoms with Crippen LogP contribution in [0.4, 0.5) is 0 Å². The van der Waals surface area contributed by atoms with E-state index in [-0.39, 0.29) is 5.91 Å². The number of ether oxygens (including phenoxy) is 2. The van der Waals surface area contributed by atoms with Gasteiger partial charge < -0.3 is 19.5 Å². The van der Waals surface area contributed by atoms with E-state index >= 15 is 0 Å². The van der Waals surface area contributed by atoms with Gasteiger partial charge in [0, 0.05) is 12.6 Å². The van der Waals surface area contributed by atoms with Crippen molar-refractivity contribution in [3.8, 4) is 11.5 Å². The van der Waals surface area contributed by atoms with Crippen LogP contribution in [0.1, 0.15) is 42.5 Å². The second-order valence-electron chi connectivity index (χ2n) is 6.23. The molecule has 0 aromatic heterocycles. The van der Waals surface area contributed by atoms with Gasteiger partial charge in [-0.2, -0.15) is 0 Å². The first kappa shape index (κ1) is 18.8. The highest BCUT2D eigenvalue weighted by Gasteiger charge is 2.45. The Morgan fingerprint density at radius 2 is 1.96 bits per heavy atom. The molecule has 1 aromatic rings. The highest BCUT2D eigenvalue weighted by Crippen LogP contribution is 2.35. The highest BCUT2D eigenvalue weighted by molar-refractivity contribution is 5.98. The molecule has 1 fully saturated rings. The molecule has 0 heterocycles. The third kappa shape index (κ3) is 3.78. The summed E-state index contributed by atoms with van der Waals surface area (Å²) in [6, 6.07) is 4.85. The summed E-state index contributed by atoms with van der Waals surface area (Å²) in [5.74, 6) is -0.347. The molecule has 0 radical (unpaired) electrons. The molecule has 0 aliphatic heterocycles. The molecule has 136 valence electrons. The number of benzene rings is 1. The van der Waals surface area contributed by atoms with Crippen LogP contribution in [-0.2, 0) is 4.79 Å². The zero-order valence-corrected chi connectivity index (χ0v) is 14.8. The van der Waals surface area contributed by atoms with Crippen molar-refractivity contribution >= 4 is 11.9 Å². The Labute approximate surface area is 148 Å². The third-order valence-electron chi connectivity index (χ3n) is 4.79. The smallest absolute Gasteiger partial charge is 0.329 e. The first-order valence-electron chi connectivity index (χ1n) is 8.39. The monoisotopic (exact) mass is 347 g/mol. The SMILES string of the molecule is C=CCOc1ccc(C(=O)N(C)C2(C(=O)O)CCCCC2)cc1OC. The van der Waals surface area contributed by atoms with Gasteiger partial charge in [0.2, 0.25) is 0 Å². The second kappa shape index (κ2) is 8.05. The minimum absolute atomic E-state index is 0.325. The zero-order chi connectivity index (χ0) is 18.4. The van der Waals surface area contributed by atoms with E-state index in [0.29, 0.717) is 36.5 Å². The van der Waals surface area contributed by atoms with Gasteiger partial charge in [0.15, 0.2) is 11.5 Å². The van der Waals surface area contributed by atoms with Crippen molar-refractivity contribution in [3.05, 3.63) is 36.4 Å². The maximum absolute atomic E-state index is 12.9. The lowest BCUT2D eigenvalue weighted by Gasteiger charge is -2.41. The Hall–Kier alpha value is -2.50. The number of carboxylic acids is 1. The molecule has 0 atom stereocenters. The summed E-state index contributed by atoms with van der Waals surface area (Å²) in [5.41, 5.74) is -0.767. The van der Waals surface area contributed by atoms with Crippen LogP contribution in [-0.4, -0.2) is 48.2 Å². The molecular weight excluding hydrogens is 322 g/mol. The van der Waals surface area contributed by atoms with E-state index in [0.717, 1.165) is 19.3 Å². The average Bonchev–Trinajstić information content (AvgIpc) is 2.65. The predicted molar refractivity (Wildman–Crippen MR) is 94.2 cm³/mol. The van der Waals surface area contributed by atoms with E-state index in [9.17, 15) is 14.7 Å². The number of rotatable bonds is 7. The largest absolute Gasteiger partial charge is 0.493 e. The number of aliphatic carboxylic acids is 1. The predicted octanol–water partition coefficient (Wildman–Crippen LogP) is 3.12. The van der Waals surface area contributed by atoms with Crippen molar-refractivity contribution in [2.75, 3.05) is 20.8 Å². The van der Waals surface area contributed by atoms with E-state index in [4.69, 9.17) is 9.47 Å². The number of methoxy groups -OCH3 is 1. The van der Waals surface area contributed by atoms with Crippen LogP contribution < -0.4 is 9.47 Å². The second-order valence-corrected chi connectivity index (χ2v) is 6.23. The minimum atomic E-state index is -1.14. The van der Waals surface area contributed by atoms with Crippen LogP contribution in [0.5, 0.6) is 11.5 Å². The lowest BCUT2D eigenvalue weighted by Crippen LogP contribution is -2.56. The van der Waals surface area contributed by atoms with Crippen molar-refractivity contribution in [2.24, 2.45) is 0 Å². The number of carbonyl (C=O) groups excluding carboxylic acids is 1. The van der Waals surface area contributed by atoms with Crippen LogP contribution in [0.3, 0.4) is 0 Å². The van der Waals surface area contributed by atoms with Crippen molar-refractivity contribution in [2.45, 2.75) is 37.6 Å². The Kier molecular flexibility index (Phi) is 6.07. The Bertz CT molecular complexity index is 649. The molecule has 25 heavy (non-hydrogen) atoms. The van der Waals surface area contributed by atoms with E-state index in [1.165, 1.54) is 12.0 Å². The van der Waals surface area contributed by atoms with Crippen LogP contribution in [0.15, 0.2) is 30.9 Å². The first-order chi connectivity index (χ1) is 12.0. The van der Waals surface area contributed by atoms with E-state index in [2.05, 4.69) is 6.58 Å². The fourth-order valence-electron chi connectivity index (χ4n) is 3.29. The molecule has 0 saturated heterocycles. The minimum Gasteiger partial charge on any atom is -0.493 e. The molecular formula is C19H25NO5. The molecule has 0 unspecified atom stereocenters. The van der Waals surface area contributed by atoms with Gasteiger partial charge in [-0.25, -0.2) is 4.79 Å². The third-order valence-corrected chi connectivity index (χ3v) is 4.79. The maximum atomic E-state index is 12.9. The number of amides is 1. The molecule has 2 rings (SSSR count). The summed E-state index contributed by atoms with van der Waals surface area (Å²) in [6.07, 6.45) is 5.18. The lowest BCUT2D eigenvalue weighted by molar-refractivity contribution is -0.151. The molecule has 1 N–H and O–H groups in total. The van der Waals surface area contributed by atoms with Crippen LogP contribution in [0.25, 0.3) is 0 Å². The van der Waals surface area contributed by atoms with Gasteiger partial charge >= 0.3 is 5.97 Å². The Balaban J connectivity index is 2.29. The van der Waals surface area contributed by atoms with Gasteiger partial charge in [-0.15, -0.1) is 0 Å². The summed E-state index contributed by atoms with van der Waals surface area (Å²) >= 11 is 0. The summed E-state index contributed by atoms with van der Waals surface area (Å²) < 4.78 is 10.8. The summed E-state index contributed by atoms with van der Waals surface area (Å²) in [6.45, 7) is 3.92. The lowest BCUT2D eigenvalue weighted by atomic mass is 9.80. The van der Waals surface area contributed by atoms with Crippen LogP contribution >= 0.6 is 0 Å². The van der Waals surface area contributed by atoms with E-state index in [1.54, 1.807) is 31.3 Å². The van der Waals surface area contributed by atoms with Crippen molar-refractivity contribution < 1.29 is 24.2 Å². The van der Waals surface area contributed by atoms with Gasteiger partial charge in [0.1, 0.15) is 12.1 Å². The quantitative estimate of drug-likeness (QED) is 0.767. The molecule has 1 amide bonds. The standard InChI is InChI=1S/C19H25NO5/c1-4-12-25-15-9-8-14(13-16(15)24-3)17(21)20(2)19(18(22)23)10-6-5-7-11-19/h4,8-9,13H,1,5-7,10-12H2,2-3H3,(H,22,23). The Morgan fingerprint density at radius 1 is 1.28 bits per heavy atom. The fourth-order valence-corrected chi connectivity index (χ4v) is 3.29. The topological polar surface area (TPSA) is 76.1 Å². The van der Waals surface area contributed by atoms with Gasteiger partial charge in [0.25, 0.3) is 5.91 Å². The molecule has 1 saturated carbocycles. The average molecular weight is 347 g/mol. The van der Waals surface area contributed by atoms with E-state index < -0.39 is 11.5 Å². The molecule has 1 aliphatic rings. The van der Waals surface area contributed by atoms with Crippen molar-refractivity contribution in [1.82, 2.24) is 4.90 Å². The molecule has 1 aromatic carbocycles. The highest BCUT2D eigenvalue weighted by atomic mass is 16.5. The van der Waals surface area contributed by atoms with Crippen LogP contribution in [0, 0.1) is 0 Å². The van der Waals surface area contributed by atoms with Crippen LogP contribution in [0.2, 0.25) is 0 Å². The molecule has 0 spiro atoms. The van der Waals surface area contributed by atoms with Gasteiger partial charge in [-0.05, 0) is 31.0 Å². The van der Waals surface area contributed by atoms with E-state index in [1.807, 2.05) is 0 Å². The Morgan fingerprint density at radius 3 is 2.52 bits per heavy atom. The number of hydrogen-bond donors (Lipinski definition) is 1. The van der Waals surface area contributed by atoms with Crippen molar-refractivity contribution in [3.63, 3.8) is 0 Å². The number of hydrogen-bond acceptors (Lipinski definition) is 4. The summed E-state index contributed by atoms with van der Waals surface area (Å²) in [4.78, 5) is 26.2. The van der Waals surface area contributed by atoms with Gasteiger partial charge in [-0.1, -0.05) is 31.9 Å². The molecule has 0 bridgehead atoms. The maximum Gasteiger partial charge on any atom is 0.329 e. The number of likely N-dealkylation sites (N-methyl/N-ethyl adjacent to an activating group) is 1. The molecule has 6 nitrogen and oxygen atoms in total. The zero-order valence-electron chi connectivity index (χ0n) is 14.8. The summed E-state index contributed by atoms with van der Waals surface area (Å²) in [5, 5.41) is 9.75. The number of carbonyl (C=O) groups is 2. The number of nitrogens with zero attached hydrogens (tertiary/aromatic N) is 1. The van der Waals surface area contributed by atoms with Gasteiger partial charge in [-0.3, -0.25) is 4.79 Å². The first-order valence-corrected chi connectivity index (χ1v) is 8.39. The van der Waals surface area contributed by atoms with Crippen molar-refractivity contribution in [1.29, 1.82) is 0 Å². The molecule has 6 heteroatoms. The number of carboxylic acid groups (broad SMARTS) is 1. The van der Waals surface area contributed by atoms with Gasteiger partial charge in [0.05, 0.1) is 7.11 Å². The molecule has 1 aliphatic carbocycles. The fraction of sp³-hybridized carbons (Fsp3) is 0.474. The summed E-state index contributed by atoms with van der Waals surface area (Å²) in [7, 11) is 3.06.